The van der Waals surface area contributed by atoms with E-state index in [0.29, 0.717) is 28.1 Å². The normalized spacial score (nSPS) is 15.9. The Morgan fingerprint density at radius 2 is 2.11 bits per heavy atom. The van der Waals surface area contributed by atoms with E-state index in [4.69, 9.17) is 23.2 Å². The molecule has 0 bridgehead atoms. The molecule has 1 aliphatic rings. The molecule has 0 saturated heterocycles. The molecule has 0 heterocycles. The van der Waals surface area contributed by atoms with Gasteiger partial charge in [-0.2, -0.15) is 0 Å². The van der Waals surface area contributed by atoms with Crippen LogP contribution in [0.25, 0.3) is 0 Å². The van der Waals surface area contributed by atoms with Crippen LogP contribution < -0.4 is 10.6 Å². The number of carbonyl (C=O) groups excluding carboxylic acids is 1. The SMILES string of the molecule is O=C(NCC1CC1)NCC(O)c1ccc(Cl)cc1Cl. The number of benzene rings is 1. The fourth-order valence-corrected chi connectivity index (χ4v) is 2.23. The monoisotopic (exact) mass is 302 g/mol. The number of hydrogen-bond acceptors (Lipinski definition) is 2. The lowest BCUT2D eigenvalue weighted by Gasteiger charge is -2.14. The molecule has 1 fully saturated rings. The van der Waals surface area contributed by atoms with Crippen LogP contribution in [0, 0.1) is 5.92 Å². The maximum atomic E-state index is 11.5. The van der Waals surface area contributed by atoms with Crippen molar-refractivity contribution in [2.75, 3.05) is 13.1 Å². The molecule has 1 aromatic carbocycles. The van der Waals surface area contributed by atoms with E-state index >= 15 is 0 Å². The highest BCUT2D eigenvalue weighted by Crippen LogP contribution is 2.27. The van der Waals surface area contributed by atoms with Crippen molar-refractivity contribution in [1.82, 2.24) is 10.6 Å². The molecular weight excluding hydrogens is 287 g/mol. The van der Waals surface area contributed by atoms with Gasteiger partial charge in [0.15, 0.2) is 0 Å². The summed E-state index contributed by atoms with van der Waals surface area (Å²) < 4.78 is 0. The van der Waals surface area contributed by atoms with Crippen LogP contribution in [0.4, 0.5) is 4.79 Å². The molecule has 4 nitrogen and oxygen atoms in total. The van der Waals surface area contributed by atoms with Gasteiger partial charge in [0.1, 0.15) is 0 Å². The molecule has 6 heteroatoms. The zero-order chi connectivity index (χ0) is 13.8. The minimum absolute atomic E-state index is 0.109. The van der Waals surface area contributed by atoms with Gasteiger partial charge in [-0.15, -0.1) is 0 Å². The van der Waals surface area contributed by atoms with Gasteiger partial charge in [-0.1, -0.05) is 29.3 Å². The number of hydrogen-bond donors (Lipinski definition) is 3. The Morgan fingerprint density at radius 3 is 2.74 bits per heavy atom. The zero-order valence-corrected chi connectivity index (χ0v) is 11.8. The van der Waals surface area contributed by atoms with Crippen LogP contribution in [0.3, 0.4) is 0 Å². The fraction of sp³-hybridized carbons (Fsp3) is 0.462. The highest BCUT2D eigenvalue weighted by Gasteiger charge is 2.21. The van der Waals surface area contributed by atoms with Crippen LogP contribution in [-0.4, -0.2) is 24.2 Å². The number of carbonyl (C=O) groups is 1. The molecule has 1 aromatic rings. The summed E-state index contributed by atoms with van der Waals surface area (Å²) in [6.45, 7) is 0.807. The molecule has 2 rings (SSSR count). The largest absolute Gasteiger partial charge is 0.387 e. The number of rotatable bonds is 5. The second-order valence-electron chi connectivity index (χ2n) is 4.72. The van der Waals surface area contributed by atoms with Crippen LogP contribution in [0.5, 0.6) is 0 Å². The molecule has 0 radical (unpaired) electrons. The van der Waals surface area contributed by atoms with Gasteiger partial charge in [-0.3, -0.25) is 0 Å². The predicted octanol–water partition coefficient (Wildman–Crippen LogP) is 2.74. The number of nitrogens with one attached hydrogen (secondary N) is 2. The summed E-state index contributed by atoms with van der Waals surface area (Å²) >= 11 is 11.8. The van der Waals surface area contributed by atoms with Crippen molar-refractivity contribution in [1.29, 1.82) is 0 Å². The van der Waals surface area contributed by atoms with Crippen molar-refractivity contribution in [2.45, 2.75) is 18.9 Å². The molecule has 0 spiro atoms. The van der Waals surface area contributed by atoms with E-state index < -0.39 is 6.10 Å². The van der Waals surface area contributed by atoms with E-state index in [9.17, 15) is 9.90 Å². The number of amides is 2. The molecule has 1 aliphatic carbocycles. The van der Waals surface area contributed by atoms with Crippen LogP contribution in [-0.2, 0) is 0 Å². The van der Waals surface area contributed by atoms with E-state index in [1.807, 2.05) is 0 Å². The van der Waals surface area contributed by atoms with Crippen LogP contribution in [0.1, 0.15) is 24.5 Å². The zero-order valence-electron chi connectivity index (χ0n) is 10.3. The number of aliphatic hydroxyl groups excluding tert-OH is 1. The molecule has 1 saturated carbocycles. The van der Waals surface area contributed by atoms with E-state index in [0.717, 1.165) is 0 Å². The Morgan fingerprint density at radius 1 is 1.37 bits per heavy atom. The quantitative estimate of drug-likeness (QED) is 0.783. The Bertz CT molecular complexity index is 464. The third-order valence-corrected chi connectivity index (χ3v) is 3.59. The minimum Gasteiger partial charge on any atom is -0.387 e. The second-order valence-corrected chi connectivity index (χ2v) is 5.56. The minimum atomic E-state index is -0.851. The van der Waals surface area contributed by atoms with Crippen molar-refractivity contribution in [2.24, 2.45) is 5.92 Å². The molecule has 0 aliphatic heterocycles. The van der Waals surface area contributed by atoms with Crippen molar-refractivity contribution in [3.63, 3.8) is 0 Å². The first kappa shape index (κ1) is 14.4. The summed E-state index contributed by atoms with van der Waals surface area (Å²) in [6, 6.07) is 4.60. The molecule has 104 valence electrons. The van der Waals surface area contributed by atoms with Crippen LogP contribution in [0.15, 0.2) is 18.2 Å². The molecule has 19 heavy (non-hydrogen) atoms. The van der Waals surface area contributed by atoms with Crippen molar-refractivity contribution in [3.05, 3.63) is 33.8 Å². The lowest BCUT2D eigenvalue weighted by Crippen LogP contribution is -2.38. The summed E-state index contributed by atoms with van der Waals surface area (Å²) in [5, 5.41) is 16.2. The standard InChI is InChI=1S/C13H16Cl2N2O2/c14-9-3-4-10(11(15)5-9)12(18)7-17-13(19)16-6-8-1-2-8/h3-5,8,12,18H,1-2,6-7H2,(H2,16,17,19). The summed E-state index contributed by atoms with van der Waals surface area (Å²) in [5.74, 6) is 0.626. The number of halogens is 2. The second kappa shape index (κ2) is 6.46. The van der Waals surface area contributed by atoms with Crippen molar-refractivity contribution < 1.29 is 9.90 Å². The van der Waals surface area contributed by atoms with Crippen LogP contribution >= 0.6 is 23.2 Å². The molecule has 1 unspecified atom stereocenters. The predicted molar refractivity (Wildman–Crippen MR) is 75.5 cm³/mol. The Kier molecular flexibility index (Phi) is 4.91. The van der Waals surface area contributed by atoms with E-state index in [2.05, 4.69) is 10.6 Å². The van der Waals surface area contributed by atoms with E-state index in [1.165, 1.54) is 12.8 Å². The Labute approximate surface area is 122 Å². The first-order valence-electron chi connectivity index (χ1n) is 6.21. The highest BCUT2D eigenvalue weighted by atomic mass is 35.5. The lowest BCUT2D eigenvalue weighted by atomic mass is 10.1. The fourth-order valence-electron chi connectivity index (χ4n) is 1.69. The summed E-state index contributed by atoms with van der Waals surface area (Å²) in [7, 11) is 0. The third-order valence-electron chi connectivity index (χ3n) is 3.03. The summed E-state index contributed by atoms with van der Waals surface area (Å²) in [5.41, 5.74) is 0.550. The van der Waals surface area contributed by atoms with Crippen molar-refractivity contribution in [3.8, 4) is 0 Å². The molecule has 1 atom stereocenters. The van der Waals surface area contributed by atoms with Gasteiger partial charge < -0.3 is 15.7 Å². The first-order valence-corrected chi connectivity index (χ1v) is 6.96. The van der Waals surface area contributed by atoms with E-state index in [1.54, 1.807) is 18.2 Å². The smallest absolute Gasteiger partial charge is 0.314 e. The summed E-state index contributed by atoms with van der Waals surface area (Å²) in [6.07, 6.45) is 1.52. The first-order chi connectivity index (χ1) is 9.06. The number of aliphatic hydroxyl groups is 1. The number of urea groups is 1. The molecule has 3 N–H and O–H groups in total. The average Bonchev–Trinajstić information content (AvgIpc) is 3.17. The van der Waals surface area contributed by atoms with Crippen LogP contribution in [0.2, 0.25) is 10.0 Å². The van der Waals surface area contributed by atoms with Gasteiger partial charge in [-0.05, 0) is 30.9 Å². The van der Waals surface area contributed by atoms with Gasteiger partial charge in [0, 0.05) is 28.7 Å². The van der Waals surface area contributed by atoms with Gasteiger partial charge in [0.05, 0.1) is 6.10 Å². The third kappa shape index (κ3) is 4.56. The van der Waals surface area contributed by atoms with Crippen molar-refractivity contribution >= 4 is 29.2 Å². The topological polar surface area (TPSA) is 61.4 Å². The average molecular weight is 303 g/mol. The van der Waals surface area contributed by atoms with E-state index in [-0.39, 0.29) is 12.6 Å². The lowest BCUT2D eigenvalue weighted by molar-refractivity contribution is 0.173. The summed E-state index contributed by atoms with van der Waals surface area (Å²) in [4.78, 5) is 11.5. The molecule has 2 amide bonds. The van der Waals surface area contributed by atoms with Gasteiger partial charge in [-0.25, -0.2) is 4.79 Å². The molecule has 0 aromatic heterocycles. The maximum Gasteiger partial charge on any atom is 0.314 e. The maximum absolute atomic E-state index is 11.5. The van der Waals surface area contributed by atoms with Gasteiger partial charge in [0.2, 0.25) is 0 Å². The highest BCUT2D eigenvalue weighted by molar-refractivity contribution is 6.35. The van der Waals surface area contributed by atoms with Gasteiger partial charge in [0.25, 0.3) is 0 Å². The van der Waals surface area contributed by atoms with Gasteiger partial charge >= 0.3 is 6.03 Å². The Balaban J connectivity index is 1.79. The molecular formula is C13H16Cl2N2O2. The Hall–Kier alpha value is -0.970.